The van der Waals surface area contributed by atoms with Crippen molar-refractivity contribution >= 4 is 16.3 Å². The van der Waals surface area contributed by atoms with E-state index in [1.165, 1.54) is 33.9 Å². The van der Waals surface area contributed by atoms with Gasteiger partial charge in [0.05, 0.1) is 13.7 Å². The van der Waals surface area contributed by atoms with Crippen molar-refractivity contribution in [3.63, 3.8) is 0 Å². The second-order valence-electron chi connectivity index (χ2n) is 6.33. The van der Waals surface area contributed by atoms with E-state index < -0.39 is 0 Å². The van der Waals surface area contributed by atoms with E-state index in [1.54, 1.807) is 7.11 Å². The molecule has 0 amide bonds. The minimum Gasteiger partial charge on any atom is -0.497 e. The first-order valence-corrected chi connectivity index (χ1v) is 9.20. The van der Waals surface area contributed by atoms with Crippen molar-refractivity contribution in [1.82, 2.24) is 19.5 Å². The third-order valence-electron chi connectivity index (χ3n) is 4.62. The molecule has 7 heteroatoms. The van der Waals surface area contributed by atoms with Crippen LogP contribution in [0.15, 0.2) is 35.1 Å². The molecular formula is C18H20N4O2S. The summed E-state index contributed by atoms with van der Waals surface area (Å²) in [4.78, 5) is 19.5. The molecule has 1 aliphatic rings. The van der Waals surface area contributed by atoms with E-state index >= 15 is 0 Å². The molecule has 130 valence electrons. The van der Waals surface area contributed by atoms with E-state index in [0.717, 1.165) is 36.0 Å². The van der Waals surface area contributed by atoms with Gasteiger partial charge in [-0.3, -0.25) is 9.69 Å². The van der Waals surface area contributed by atoms with Crippen molar-refractivity contribution in [3.8, 4) is 5.75 Å². The van der Waals surface area contributed by atoms with E-state index in [0.29, 0.717) is 11.0 Å². The number of fused-ring (bicyclic) bond motifs is 1. The van der Waals surface area contributed by atoms with Crippen LogP contribution in [0.2, 0.25) is 0 Å². The zero-order valence-corrected chi connectivity index (χ0v) is 15.1. The van der Waals surface area contributed by atoms with Crippen LogP contribution in [0, 0.1) is 6.92 Å². The highest BCUT2D eigenvalue weighted by Gasteiger charge is 2.27. The summed E-state index contributed by atoms with van der Waals surface area (Å²) in [6.45, 7) is 3.61. The molecule has 6 nitrogen and oxygen atoms in total. The van der Waals surface area contributed by atoms with E-state index in [1.807, 2.05) is 19.1 Å². The molecule has 3 heterocycles. The molecular weight excluding hydrogens is 336 g/mol. The van der Waals surface area contributed by atoms with Crippen LogP contribution in [-0.4, -0.2) is 33.2 Å². The van der Waals surface area contributed by atoms with Crippen molar-refractivity contribution in [3.05, 3.63) is 57.0 Å². The molecule has 1 aliphatic heterocycles. The number of aryl methyl sites for hydroxylation is 1. The van der Waals surface area contributed by atoms with E-state index in [2.05, 4.69) is 27.1 Å². The van der Waals surface area contributed by atoms with Gasteiger partial charge in [0.15, 0.2) is 0 Å². The van der Waals surface area contributed by atoms with Gasteiger partial charge in [-0.25, -0.2) is 4.98 Å². The lowest BCUT2D eigenvalue weighted by molar-refractivity contribution is 0.247. The summed E-state index contributed by atoms with van der Waals surface area (Å²) in [7, 11) is 1.68. The van der Waals surface area contributed by atoms with Gasteiger partial charge in [-0.15, -0.1) is 0 Å². The lowest BCUT2D eigenvalue weighted by Gasteiger charge is -2.23. The summed E-state index contributed by atoms with van der Waals surface area (Å²) in [6, 6.07) is 10.2. The Morgan fingerprint density at radius 2 is 2.12 bits per heavy atom. The van der Waals surface area contributed by atoms with Crippen molar-refractivity contribution < 1.29 is 4.74 Å². The third-order valence-corrected chi connectivity index (χ3v) is 5.51. The van der Waals surface area contributed by atoms with Gasteiger partial charge in [-0.2, -0.15) is 9.61 Å². The van der Waals surface area contributed by atoms with E-state index in [-0.39, 0.29) is 5.56 Å². The highest BCUT2D eigenvalue weighted by atomic mass is 32.1. The highest BCUT2D eigenvalue weighted by molar-refractivity contribution is 7.16. The number of nitrogens with zero attached hydrogens (tertiary/aromatic N) is 4. The summed E-state index contributed by atoms with van der Waals surface area (Å²) >= 11 is 1.49. The molecule has 0 saturated carbocycles. The Kier molecular flexibility index (Phi) is 4.27. The molecule has 1 saturated heterocycles. The molecule has 1 unspecified atom stereocenters. The van der Waals surface area contributed by atoms with Gasteiger partial charge < -0.3 is 4.74 Å². The summed E-state index contributed by atoms with van der Waals surface area (Å²) in [5.74, 6) is 0.875. The zero-order chi connectivity index (χ0) is 17.4. The highest BCUT2D eigenvalue weighted by Crippen LogP contribution is 2.34. The minimum absolute atomic E-state index is 0.113. The van der Waals surface area contributed by atoms with Crippen LogP contribution in [0.1, 0.15) is 35.1 Å². The van der Waals surface area contributed by atoms with Crippen LogP contribution in [-0.2, 0) is 6.54 Å². The van der Waals surface area contributed by atoms with Gasteiger partial charge in [-0.1, -0.05) is 23.5 Å². The molecule has 0 N–H and O–H groups in total. The topological polar surface area (TPSA) is 59.7 Å². The van der Waals surface area contributed by atoms with Gasteiger partial charge in [0, 0.05) is 17.8 Å². The first-order valence-electron chi connectivity index (χ1n) is 8.38. The molecule has 0 bridgehead atoms. The standard InChI is InChI=1S/C18H20N4O2S/c1-12-10-17(23)22-18(19-12)25-16(20-22)11-21-9-3-4-15(21)13-5-7-14(24-2)8-6-13/h5-8,10,15H,3-4,9,11H2,1-2H3. The Balaban J connectivity index is 1.58. The predicted octanol–water partition coefficient (Wildman–Crippen LogP) is 2.81. The first kappa shape index (κ1) is 16.2. The van der Waals surface area contributed by atoms with Gasteiger partial charge >= 0.3 is 0 Å². The SMILES string of the molecule is COc1ccc(C2CCCN2Cc2nn3c(=O)cc(C)nc3s2)cc1. The predicted molar refractivity (Wildman–Crippen MR) is 97.3 cm³/mol. The van der Waals surface area contributed by atoms with Gasteiger partial charge in [0.25, 0.3) is 5.56 Å². The van der Waals surface area contributed by atoms with E-state index in [4.69, 9.17) is 4.74 Å². The Morgan fingerprint density at radius 1 is 1.32 bits per heavy atom. The first-order chi connectivity index (χ1) is 12.1. The third kappa shape index (κ3) is 3.17. The molecule has 1 fully saturated rings. The molecule has 25 heavy (non-hydrogen) atoms. The summed E-state index contributed by atoms with van der Waals surface area (Å²) in [5.41, 5.74) is 1.92. The zero-order valence-electron chi connectivity index (χ0n) is 14.3. The van der Waals surface area contributed by atoms with E-state index in [9.17, 15) is 4.79 Å². The molecule has 1 aromatic carbocycles. The van der Waals surface area contributed by atoms with Crippen LogP contribution in [0.25, 0.3) is 4.96 Å². The number of hydrogen-bond acceptors (Lipinski definition) is 6. The Hall–Kier alpha value is -2.25. The summed E-state index contributed by atoms with van der Waals surface area (Å²) < 4.78 is 6.66. The smallest absolute Gasteiger partial charge is 0.275 e. The average molecular weight is 356 g/mol. The number of likely N-dealkylation sites (tertiary alicyclic amines) is 1. The van der Waals surface area contributed by atoms with Gasteiger partial charge in [0.1, 0.15) is 10.8 Å². The fraction of sp³-hybridized carbons (Fsp3) is 0.389. The number of aromatic nitrogens is 3. The Morgan fingerprint density at radius 3 is 2.88 bits per heavy atom. The quantitative estimate of drug-likeness (QED) is 0.719. The van der Waals surface area contributed by atoms with Crippen LogP contribution in [0.4, 0.5) is 0 Å². The number of benzene rings is 1. The van der Waals surface area contributed by atoms with Gasteiger partial charge in [-0.05, 0) is 44.0 Å². The van der Waals surface area contributed by atoms with Crippen LogP contribution in [0.5, 0.6) is 5.75 Å². The fourth-order valence-electron chi connectivity index (χ4n) is 3.42. The van der Waals surface area contributed by atoms with Crippen molar-refractivity contribution in [2.75, 3.05) is 13.7 Å². The van der Waals surface area contributed by atoms with Crippen molar-refractivity contribution in [2.45, 2.75) is 32.4 Å². The molecule has 0 radical (unpaired) electrons. The van der Waals surface area contributed by atoms with Crippen molar-refractivity contribution in [1.29, 1.82) is 0 Å². The molecule has 2 aromatic heterocycles. The molecule has 0 aliphatic carbocycles. The number of rotatable bonds is 4. The normalized spacial score (nSPS) is 18.1. The van der Waals surface area contributed by atoms with Crippen LogP contribution < -0.4 is 10.3 Å². The maximum Gasteiger partial charge on any atom is 0.275 e. The second kappa shape index (κ2) is 6.57. The number of hydrogen-bond donors (Lipinski definition) is 0. The largest absolute Gasteiger partial charge is 0.497 e. The van der Waals surface area contributed by atoms with Crippen molar-refractivity contribution in [2.24, 2.45) is 0 Å². The molecule has 4 rings (SSSR count). The summed E-state index contributed by atoms with van der Waals surface area (Å²) in [5, 5.41) is 5.40. The average Bonchev–Trinajstić information content (AvgIpc) is 3.22. The lowest BCUT2D eigenvalue weighted by atomic mass is 10.0. The van der Waals surface area contributed by atoms with Crippen LogP contribution in [0.3, 0.4) is 0 Å². The Bertz CT molecular complexity index is 948. The maximum absolute atomic E-state index is 12.0. The molecule has 0 spiro atoms. The maximum atomic E-state index is 12.0. The number of ether oxygens (including phenoxy) is 1. The monoisotopic (exact) mass is 356 g/mol. The minimum atomic E-state index is -0.113. The summed E-state index contributed by atoms with van der Waals surface area (Å²) in [6.07, 6.45) is 2.30. The van der Waals surface area contributed by atoms with Gasteiger partial charge in [0.2, 0.25) is 4.96 Å². The Labute approximate surface area is 149 Å². The second-order valence-corrected chi connectivity index (χ2v) is 7.37. The fourth-order valence-corrected chi connectivity index (χ4v) is 4.39. The number of methoxy groups -OCH3 is 1. The van der Waals surface area contributed by atoms with Crippen LogP contribution >= 0.6 is 11.3 Å². The lowest BCUT2D eigenvalue weighted by Crippen LogP contribution is -2.23. The molecule has 1 atom stereocenters. The molecule has 3 aromatic rings.